The van der Waals surface area contributed by atoms with E-state index in [0.29, 0.717) is 22.2 Å². The molecule has 6 nitrogen and oxygen atoms in total. The van der Waals surface area contributed by atoms with E-state index in [1.807, 2.05) is 48.5 Å². The van der Waals surface area contributed by atoms with Gasteiger partial charge in [-0.2, -0.15) is 0 Å². The number of methoxy groups -OCH3 is 2. The van der Waals surface area contributed by atoms with Crippen LogP contribution in [-0.2, 0) is 16.0 Å². The highest BCUT2D eigenvalue weighted by Gasteiger charge is 2.30. The Hall–Kier alpha value is -3.42. The van der Waals surface area contributed by atoms with Gasteiger partial charge in [0.05, 0.1) is 32.0 Å². The standard InChI is InChI=1S/C26H21ClN2O4S/c1-32-21-11-16-9-10-28(25(30)13-17(16)12-22(21)33-2)15-26(31)29-19-5-3-4-6-23(19)34-24-8-7-18(27)14-20(24)29/h3-12,14H,13,15H2,1-2H3. The second kappa shape index (κ2) is 9.08. The first-order valence-electron chi connectivity index (χ1n) is 10.6. The fraction of sp³-hybridized carbons (Fsp3) is 0.154. The number of halogens is 1. The molecule has 0 spiro atoms. The number of para-hydroxylation sites is 1. The molecule has 34 heavy (non-hydrogen) atoms. The van der Waals surface area contributed by atoms with Crippen LogP contribution < -0.4 is 14.4 Å². The van der Waals surface area contributed by atoms with Crippen LogP contribution in [0.5, 0.6) is 11.5 Å². The van der Waals surface area contributed by atoms with E-state index in [9.17, 15) is 9.59 Å². The average molecular weight is 493 g/mol. The summed E-state index contributed by atoms with van der Waals surface area (Å²) >= 11 is 7.86. The van der Waals surface area contributed by atoms with Crippen LogP contribution in [-0.4, -0.2) is 37.5 Å². The minimum absolute atomic E-state index is 0.109. The van der Waals surface area contributed by atoms with Crippen LogP contribution in [0.25, 0.3) is 6.08 Å². The van der Waals surface area contributed by atoms with Gasteiger partial charge in [0, 0.05) is 21.0 Å². The number of amides is 2. The first-order valence-corrected chi connectivity index (χ1v) is 11.8. The second-order valence-corrected chi connectivity index (χ2v) is 9.35. The van der Waals surface area contributed by atoms with Crippen molar-refractivity contribution >= 4 is 52.6 Å². The summed E-state index contributed by atoms with van der Waals surface area (Å²) in [7, 11) is 3.13. The van der Waals surface area contributed by atoms with E-state index in [0.717, 1.165) is 26.6 Å². The van der Waals surface area contributed by atoms with Crippen LogP contribution in [0.4, 0.5) is 11.4 Å². The highest BCUT2D eigenvalue weighted by atomic mass is 35.5. The first-order chi connectivity index (χ1) is 16.5. The maximum Gasteiger partial charge on any atom is 0.251 e. The zero-order valence-corrected chi connectivity index (χ0v) is 20.2. The molecule has 0 saturated heterocycles. The van der Waals surface area contributed by atoms with E-state index in [1.54, 1.807) is 49.2 Å². The molecule has 0 aliphatic carbocycles. The lowest BCUT2D eigenvalue weighted by molar-refractivity contribution is -0.131. The second-order valence-electron chi connectivity index (χ2n) is 7.83. The van der Waals surface area contributed by atoms with E-state index in [1.165, 1.54) is 4.90 Å². The Labute approximate surface area is 206 Å². The number of hydrogen-bond donors (Lipinski definition) is 0. The molecule has 0 unspecified atom stereocenters. The molecular weight excluding hydrogens is 472 g/mol. The summed E-state index contributed by atoms with van der Waals surface area (Å²) < 4.78 is 10.8. The smallest absolute Gasteiger partial charge is 0.251 e. The van der Waals surface area contributed by atoms with Gasteiger partial charge in [-0.15, -0.1) is 0 Å². The fourth-order valence-corrected chi connectivity index (χ4v) is 5.32. The molecule has 3 aromatic rings. The van der Waals surface area contributed by atoms with Gasteiger partial charge < -0.3 is 14.4 Å². The molecule has 8 heteroatoms. The Morgan fingerprint density at radius 3 is 2.53 bits per heavy atom. The topological polar surface area (TPSA) is 59.1 Å². The van der Waals surface area contributed by atoms with Crippen molar-refractivity contribution in [1.29, 1.82) is 0 Å². The SMILES string of the molecule is COc1cc2c(cc1OC)CC(=O)N(CC(=O)N1c3ccccc3Sc3ccc(Cl)cc31)C=C2. The lowest BCUT2D eigenvalue weighted by atomic mass is 10.0. The Morgan fingerprint density at radius 2 is 1.74 bits per heavy atom. The zero-order valence-electron chi connectivity index (χ0n) is 18.6. The molecule has 0 saturated carbocycles. The number of ether oxygens (including phenoxy) is 2. The van der Waals surface area contributed by atoms with E-state index < -0.39 is 0 Å². The Bertz CT molecular complexity index is 1340. The van der Waals surface area contributed by atoms with E-state index in [-0.39, 0.29) is 24.8 Å². The third-order valence-electron chi connectivity index (χ3n) is 5.78. The molecule has 0 N–H and O–H groups in total. The van der Waals surface area contributed by atoms with Gasteiger partial charge in [-0.25, -0.2) is 0 Å². The number of benzene rings is 3. The van der Waals surface area contributed by atoms with Gasteiger partial charge in [0.1, 0.15) is 6.54 Å². The lowest BCUT2D eigenvalue weighted by Crippen LogP contribution is -2.39. The summed E-state index contributed by atoms with van der Waals surface area (Å²) in [5, 5.41) is 0.542. The van der Waals surface area contributed by atoms with Gasteiger partial charge in [0.15, 0.2) is 11.5 Å². The molecule has 2 aliphatic heterocycles. The summed E-state index contributed by atoms with van der Waals surface area (Å²) in [6.45, 7) is -0.109. The summed E-state index contributed by atoms with van der Waals surface area (Å²) in [6, 6.07) is 16.9. The quantitative estimate of drug-likeness (QED) is 0.478. The van der Waals surface area contributed by atoms with Crippen molar-refractivity contribution in [3.05, 3.63) is 76.9 Å². The van der Waals surface area contributed by atoms with Crippen molar-refractivity contribution in [2.24, 2.45) is 0 Å². The maximum absolute atomic E-state index is 13.6. The molecule has 172 valence electrons. The van der Waals surface area contributed by atoms with Crippen molar-refractivity contribution in [3.8, 4) is 11.5 Å². The number of carbonyl (C=O) groups is 2. The van der Waals surface area contributed by atoms with Crippen molar-refractivity contribution in [2.75, 3.05) is 25.7 Å². The Morgan fingerprint density at radius 1 is 1.00 bits per heavy atom. The van der Waals surface area contributed by atoms with Crippen molar-refractivity contribution < 1.29 is 19.1 Å². The highest BCUT2D eigenvalue weighted by molar-refractivity contribution is 7.99. The molecule has 2 aliphatic rings. The molecule has 0 aromatic heterocycles. The third-order valence-corrected chi connectivity index (χ3v) is 7.15. The van der Waals surface area contributed by atoms with Crippen LogP contribution in [0, 0.1) is 0 Å². The monoisotopic (exact) mass is 492 g/mol. The molecule has 0 fully saturated rings. The fourth-order valence-electron chi connectivity index (χ4n) is 4.12. The van der Waals surface area contributed by atoms with Crippen LogP contribution in [0.15, 0.2) is 70.6 Å². The molecule has 2 amide bonds. The number of carbonyl (C=O) groups excluding carboxylic acids is 2. The Kier molecular flexibility index (Phi) is 5.98. The van der Waals surface area contributed by atoms with Gasteiger partial charge >= 0.3 is 0 Å². The summed E-state index contributed by atoms with van der Waals surface area (Å²) in [5.74, 6) is 0.735. The molecule has 0 bridgehead atoms. The number of rotatable bonds is 4. The van der Waals surface area contributed by atoms with E-state index in [2.05, 4.69) is 0 Å². The summed E-state index contributed by atoms with van der Waals surface area (Å²) in [4.78, 5) is 31.7. The van der Waals surface area contributed by atoms with Gasteiger partial charge in [-0.1, -0.05) is 35.5 Å². The average Bonchev–Trinajstić information content (AvgIpc) is 2.99. The van der Waals surface area contributed by atoms with E-state index in [4.69, 9.17) is 21.1 Å². The molecule has 0 atom stereocenters. The van der Waals surface area contributed by atoms with Crippen molar-refractivity contribution in [2.45, 2.75) is 16.2 Å². The number of fused-ring (bicyclic) bond motifs is 3. The van der Waals surface area contributed by atoms with Crippen LogP contribution in [0.2, 0.25) is 5.02 Å². The minimum Gasteiger partial charge on any atom is -0.493 e. The number of hydrogen-bond acceptors (Lipinski definition) is 5. The van der Waals surface area contributed by atoms with Gasteiger partial charge in [-0.3, -0.25) is 14.5 Å². The van der Waals surface area contributed by atoms with Gasteiger partial charge in [0.25, 0.3) is 5.91 Å². The zero-order chi connectivity index (χ0) is 23.8. The third kappa shape index (κ3) is 4.02. The van der Waals surface area contributed by atoms with Gasteiger partial charge in [-0.05, 0) is 59.7 Å². The normalized spacial score (nSPS) is 14.1. The molecule has 5 rings (SSSR count). The van der Waals surface area contributed by atoms with Crippen LogP contribution in [0.3, 0.4) is 0 Å². The van der Waals surface area contributed by atoms with Crippen molar-refractivity contribution in [1.82, 2.24) is 4.90 Å². The molecular formula is C26H21ClN2O4S. The lowest BCUT2D eigenvalue weighted by Gasteiger charge is -2.32. The predicted octanol–water partition coefficient (Wildman–Crippen LogP) is 5.54. The number of nitrogens with zero attached hydrogens (tertiary/aromatic N) is 2. The van der Waals surface area contributed by atoms with Crippen molar-refractivity contribution in [3.63, 3.8) is 0 Å². The predicted molar refractivity (Wildman–Crippen MR) is 133 cm³/mol. The van der Waals surface area contributed by atoms with Gasteiger partial charge in [0.2, 0.25) is 5.91 Å². The Balaban J connectivity index is 1.46. The highest BCUT2D eigenvalue weighted by Crippen LogP contribution is 2.48. The molecule has 0 radical (unpaired) electrons. The summed E-state index contributed by atoms with van der Waals surface area (Å²) in [6.07, 6.45) is 3.62. The largest absolute Gasteiger partial charge is 0.493 e. The minimum atomic E-state index is -0.226. The first kappa shape index (κ1) is 22.4. The molecule has 2 heterocycles. The maximum atomic E-state index is 13.6. The van der Waals surface area contributed by atoms with E-state index >= 15 is 0 Å². The number of anilines is 2. The summed E-state index contributed by atoms with van der Waals surface area (Å²) in [5.41, 5.74) is 3.14. The van der Waals surface area contributed by atoms with Crippen LogP contribution >= 0.6 is 23.4 Å². The molecule has 3 aromatic carbocycles. The van der Waals surface area contributed by atoms with Crippen LogP contribution in [0.1, 0.15) is 11.1 Å².